The van der Waals surface area contributed by atoms with Crippen LogP contribution in [0.1, 0.15) is 15.9 Å². The van der Waals surface area contributed by atoms with Crippen LogP contribution in [-0.2, 0) is 5.67 Å². The van der Waals surface area contributed by atoms with Crippen molar-refractivity contribution in [3.05, 3.63) is 63.5 Å². The highest BCUT2D eigenvalue weighted by Crippen LogP contribution is 2.54. The normalized spacial score (nSPS) is 12.6. The summed E-state index contributed by atoms with van der Waals surface area (Å²) < 4.78 is 135. The smallest absolute Gasteiger partial charge is 0.433 e. The van der Waals surface area contributed by atoms with Crippen molar-refractivity contribution in [1.29, 1.82) is 0 Å². The molecule has 0 heterocycles. The fourth-order valence-electron chi connectivity index (χ4n) is 2.55. The first-order chi connectivity index (χ1) is 15.0. The molecule has 0 atom stereocenters. The summed E-state index contributed by atoms with van der Waals surface area (Å²) in [7, 11) is 0. The van der Waals surface area contributed by atoms with Gasteiger partial charge in [-0.15, -0.1) is 0 Å². The van der Waals surface area contributed by atoms with E-state index >= 15 is 0 Å². The molecular formula is C17H8F10N2O4. The lowest BCUT2D eigenvalue weighted by atomic mass is 9.93. The molecule has 0 bridgehead atoms. The average Bonchev–Trinajstić information content (AvgIpc) is 2.66. The van der Waals surface area contributed by atoms with Crippen molar-refractivity contribution in [1.82, 2.24) is 0 Å². The van der Waals surface area contributed by atoms with Crippen LogP contribution in [-0.4, -0.2) is 29.8 Å². The van der Waals surface area contributed by atoms with Crippen LogP contribution >= 0.6 is 0 Å². The first-order valence-corrected chi connectivity index (χ1v) is 8.16. The van der Waals surface area contributed by atoms with Gasteiger partial charge >= 0.3 is 30.3 Å². The van der Waals surface area contributed by atoms with Gasteiger partial charge in [0.05, 0.1) is 16.2 Å². The molecule has 180 valence electrons. The van der Waals surface area contributed by atoms with Crippen molar-refractivity contribution in [2.45, 2.75) is 24.6 Å². The summed E-state index contributed by atoms with van der Waals surface area (Å²) in [6.07, 6.45) is -13.1. The van der Waals surface area contributed by atoms with E-state index in [1.54, 1.807) is 5.32 Å². The molecule has 0 aliphatic rings. The van der Waals surface area contributed by atoms with E-state index in [0.717, 1.165) is 6.07 Å². The van der Waals surface area contributed by atoms with E-state index in [0.29, 0.717) is 12.1 Å². The van der Waals surface area contributed by atoms with Crippen molar-refractivity contribution in [3.8, 4) is 5.75 Å². The second-order valence-corrected chi connectivity index (χ2v) is 6.09. The molecular weight excluding hydrogens is 486 g/mol. The second-order valence-electron chi connectivity index (χ2n) is 6.09. The molecule has 2 rings (SSSR count). The summed E-state index contributed by atoms with van der Waals surface area (Å²) in [6, 6.07) is 1.93. The van der Waals surface area contributed by atoms with Crippen LogP contribution < -0.4 is 10.1 Å². The highest BCUT2D eigenvalue weighted by atomic mass is 19.4. The summed E-state index contributed by atoms with van der Waals surface area (Å²) in [6.45, 7) is -3.85. The zero-order valence-electron chi connectivity index (χ0n) is 15.4. The van der Waals surface area contributed by atoms with Gasteiger partial charge in [-0.25, -0.2) is 4.39 Å². The molecule has 1 N–H and O–H groups in total. The number of nitro benzene ring substituents is 1. The quantitative estimate of drug-likeness (QED) is 0.309. The van der Waals surface area contributed by atoms with Gasteiger partial charge in [0.25, 0.3) is 5.91 Å². The minimum Gasteiger partial charge on any atom is -0.433 e. The lowest BCUT2D eigenvalue weighted by molar-refractivity contribution is -0.387. The van der Waals surface area contributed by atoms with Gasteiger partial charge in [-0.2, -0.15) is 39.5 Å². The summed E-state index contributed by atoms with van der Waals surface area (Å²) in [4.78, 5) is 21.7. The number of hydrogen-bond acceptors (Lipinski definition) is 4. The molecule has 0 saturated heterocycles. The minimum absolute atomic E-state index is 0.112. The SMILES string of the molecule is O=C(Nc1ccc(C(F)(C(F)(F)F)C(F)(F)F)cc1OC(F)F)c1cccc([N+](=O)[O-])c1F. The number of amides is 1. The molecule has 2 aromatic rings. The van der Waals surface area contributed by atoms with Crippen molar-refractivity contribution in [2.75, 3.05) is 5.32 Å². The third-order valence-electron chi connectivity index (χ3n) is 4.04. The largest absolute Gasteiger partial charge is 0.435 e. The maximum atomic E-state index is 14.2. The number of halogens is 10. The molecule has 0 aliphatic heterocycles. The molecule has 33 heavy (non-hydrogen) atoms. The first kappa shape index (κ1) is 25.7. The molecule has 2 aromatic carbocycles. The van der Waals surface area contributed by atoms with Crippen LogP contribution in [0.2, 0.25) is 0 Å². The summed E-state index contributed by atoms with van der Waals surface area (Å²) in [5.41, 5.74) is -11.4. The van der Waals surface area contributed by atoms with Crippen molar-refractivity contribution in [3.63, 3.8) is 0 Å². The molecule has 0 radical (unpaired) electrons. The number of nitro groups is 1. The highest BCUT2D eigenvalue weighted by Gasteiger charge is 2.73. The topological polar surface area (TPSA) is 81.5 Å². The number of carbonyl (C=O) groups is 1. The van der Waals surface area contributed by atoms with Crippen LogP contribution in [0.3, 0.4) is 0 Å². The maximum absolute atomic E-state index is 14.2. The van der Waals surface area contributed by atoms with Crippen molar-refractivity contribution in [2.24, 2.45) is 0 Å². The third kappa shape index (κ3) is 4.93. The van der Waals surface area contributed by atoms with Crippen molar-refractivity contribution < 1.29 is 58.4 Å². The van der Waals surface area contributed by atoms with Crippen LogP contribution in [0, 0.1) is 15.9 Å². The fraction of sp³-hybridized carbons (Fsp3) is 0.235. The maximum Gasteiger partial charge on any atom is 0.435 e. The van der Waals surface area contributed by atoms with Gasteiger partial charge in [0.1, 0.15) is 5.75 Å². The Morgan fingerprint density at radius 1 is 1.00 bits per heavy atom. The van der Waals surface area contributed by atoms with E-state index in [4.69, 9.17) is 0 Å². The molecule has 0 fully saturated rings. The van der Waals surface area contributed by atoms with Gasteiger partial charge in [0, 0.05) is 11.6 Å². The van der Waals surface area contributed by atoms with Crippen LogP contribution in [0.15, 0.2) is 36.4 Å². The number of anilines is 1. The highest BCUT2D eigenvalue weighted by molar-refractivity contribution is 6.05. The zero-order chi connectivity index (χ0) is 25.4. The van der Waals surface area contributed by atoms with Crippen LogP contribution in [0.25, 0.3) is 0 Å². The van der Waals surface area contributed by atoms with Gasteiger partial charge < -0.3 is 10.1 Å². The van der Waals surface area contributed by atoms with E-state index in [1.165, 1.54) is 0 Å². The summed E-state index contributed by atoms with van der Waals surface area (Å²) in [5.74, 6) is -4.77. The molecule has 0 spiro atoms. The minimum atomic E-state index is -6.57. The first-order valence-electron chi connectivity index (χ1n) is 8.16. The monoisotopic (exact) mass is 494 g/mol. The van der Waals surface area contributed by atoms with Gasteiger partial charge in [-0.3, -0.25) is 14.9 Å². The van der Waals surface area contributed by atoms with Gasteiger partial charge in [-0.05, 0) is 18.2 Å². The Bertz CT molecular complexity index is 1050. The molecule has 0 aliphatic carbocycles. The number of alkyl halides is 9. The average molecular weight is 494 g/mol. The van der Waals surface area contributed by atoms with Gasteiger partial charge in [-0.1, -0.05) is 12.1 Å². The standard InChI is InChI=1S/C17H8F10N2O4/c18-12-8(2-1-3-10(12)29(31)32)13(30)28-9-5-4-7(6-11(9)33-14(19)20)15(21,16(22,23)24)17(25,26)27/h1-6,14H,(H,28,30). The molecule has 1 amide bonds. The number of hydrogen-bond donors (Lipinski definition) is 1. The van der Waals surface area contributed by atoms with E-state index < -0.39 is 69.5 Å². The molecule has 0 unspecified atom stereocenters. The van der Waals surface area contributed by atoms with E-state index in [9.17, 15) is 58.8 Å². The predicted octanol–water partition coefficient (Wildman–Crippen LogP) is 5.88. The Morgan fingerprint density at radius 2 is 1.58 bits per heavy atom. The van der Waals surface area contributed by atoms with E-state index in [2.05, 4.69) is 4.74 Å². The number of ether oxygens (including phenoxy) is 1. The van der Waals surface area contributed by atoms with Crippen LogP contribution in [0.4, 0.5) is 55.3 Å². The van der Waals surface area contributed by atoms with Gasteiger partial charge in [0.2, 0.25) is 5.82 Å². The Labute approximate surface area is 175 Å². The molecule has 0 saturated carbocycles. The van der Waals surface area contributed by atoms with Crippen LogP contribution in [0.5, 0.6) is 5.75 Å². The second kappa shape index (κ2) is 8.74. The van der Waals surface area contributed by atoms with Crippen molar-refractivity contribution >= 4 is 17.3 Å². The molecule has 16 heteroatoms. The number of nitrogens with zero attached hydrogens (tertiary/aromatic N) is 1. The van der Waals surface area contributed by atoms with Gasteiger partial charge in [0.15, 0.2) is 0 Å². The zero-order valence-corrected chi connectivity index (χ0v) is 15.4. The lowest BCUT2D eigenvalue weighted by Gasteiger charge is -2.30. The summed E-state index contributed by atoms with van der Waals surface area (Å²) >= 11 is 0. The summed E-state index contributed by atoms with van der Waals surface area (Å²) in [5, 5.41) is 12.4. The van der Waals surface area contributed by atoms with E-state index in [1.807, 2.05) is 0 Å². The Kier molecular flexibility index (Phi) is 6.80. The Morgan fingerprint density at radius 3 is 2.06 bits per heavy atom. The number of benzene rings is 2. The van der Waals surface area contributed by atoms with E-state index in [-0.39, 0.29) is 18.2 Å². The number of carbonyl (C=O) groups excluding carboxylic acids is 1. The third-order valence-corrected chi connectivity index (χ3v) is 4.04. The Balaban J connectivity index is 2.57. The predicted molar refractivity (Wildman–Crippen MR) is 89.0 cm³/mol. The number of nitrogens with one attached hydrogen (secondary N) is 1. The fourth-order valence-corrected chi connectivity index (χ4v) is 2.55. The number of rotatable bonds is 6. The Hall–Kier alpha value is -3.59. The molecule has 6 nitrogen and oxygen atoms in total. The lowest BCUT2D eigenvalue weighted by Crippen LogP contribution is -2.50. The molecule has 0 aromatic heterocycles.